The lowest BCUT2D eigenvalue weighted by Crippen LogP contribution is -2.48. The molecule has 26 heavy (non-hydrogen) atoms. The van der Waals surface area contributed by atoms with Crippen molar-refractivity contribution in [2.45, 2.75) is 43.9 Å². The van der Waals surface area contributed by atoms with Gasteiger partial charge in [0.25, 0.3) is 5.69 Å². The summed E-state index contributed by atoms with van der Waals surface area (Å²) in [5.41, 5.74) is 3.98. The normalized spacial score (nSPS) is 31.8. The number of hydrogen-bond donors (Lipinski definition) is 1. The van der Waals surface area contributed by atoms with Gasteiger partial charge in [0, 0.05) is 23.5 Å². The maximum atomic E-state index is 10.8. The van der Waals surface area contributed by atoms with Gasteiger partial charge in [0.1, 0.15) is 0 Å². The predicted octanol–water partition coefficient (Wildman–Crippen LogP) is 5.81. The zero-order chi connectivity index (χ0) is 17.7. The average molecular weight is 348 g/mol. The molecule has 4 bridgehead atoms. The van der Waals surface area contributed by atoms with Gasteiger partial charge in [-0.1, -0.05) is 12.1 Å². The van der Waals surface area contributed by atoms with Crippen molar-refractivity contribution in [1.82, 2.24) is 0 Å². The first kappa shape index (κ1) is 15.9. The van der Waals surface area contributed by atoms with Gasteiger partial charge in [-0.15, -0.1) is 0 Å². The maximum absolute atomic E-state index is 10.8. The third-order valence-electron chi connectivity index (χ3n) is 6.90. The first-order valence-electron chi connectivity index (χ1n) is 9.72. The molecule has 4 nitrogen and oxygen atoms in total. The largest absolute Gasteiger partial charge is 0.356 e. The van der Waals surface area contributed by atoms with Crippen molar-refractivity contribution in [3.05, 3.63) is 64.2 Å². The minimum atomic E-state index is -0.371. The average Bonchev–Trinajstić information content (AvgIpc) is 2.61. The minimum absolute atomic E-state index is 0.118. The molecule has 4 aliphatic carbocycles. The van der Waals surface area contributed by atoms with E-state index < -0.39 is 0 Å². The van der Waals surface area contributed by atoms with Crippen LogP contribution in [0.2, 0.25) is 0 Å². The van der Waals surface area contributed by atoms with Crippen LogP contribution in [0.15, 0.2) is 48.5 Å². The second kappa shape index (κ2) is 5.83. The van der Waals surface area contributed by atoms with E-state index in [1.807, 2.05) is 0 Å². The highest BCUT2D eigenvalue weighted by atomic mass is 16.6. The molecule has 0 heterocycles. The number of benzene rings is 2. The fraction of sp³-hybridized carbons (Fsp3) is 0.455. The number of nitrogens with one attached hydrogen (secondary N) is 1. The second-order valence-corrected chi connectivity index (χ2v) is 8.70. The molecule has 0 amide bonds. The smallest absolute Gasteiger partial charge is 0.269 e. The first-order chi connectivity index (χ1) is 12.6. The van der Waals surface area contributed by atoms with Gasteiger partial charge < -0.3 is 5.32 Å². The number of nitro benzene ring substituents is 1. The van der Waals surface area contributed by atoms with E-state index in [-0.39, 0.29) is 10.6 Å². The molecule has 1 N–H and O–H groups in total. The van der Waals surface area contributed by atoms with Gasteiger partial charge in [-0.05, 0) is 91.5 Å². The molecule has 2 aromatic rings. The summed E-state index contributed by atoms with van der Waals surface area (Å²) in [4.78, 5) is 10.4. The van der Waals surface area contributed by atoms with Crippen molar-refractivity contribution in [2.24, 2.45) is 17.8 Å². The molecule has 134 valence electrons. The van der Waals surface area contributed by atoms with E-state index >= 15 is 0 Å². The zero-order valence-electron chi connectivity index (χ0n) is 14.9. The highest BCUT2D eigenvalue weighted by Crippen LogP contribution is 2.60. The van der Waals surface area contributed by atoms with E-state index in [1.165, 1.54) is 56.2 Å². The van der Waals surface area contributed by atoms with Gasteiger partial charge in [-0.25, -0.2) is 0 Å². The lowest BCUT2D eigenvalue weighted by molar-refractivity contribution is -0.384. The van der Waals surface area contributed by atoms with Crippen LogP contribution in [0.1, 0.15) is 44.1 Å². The molecule has 0 atom stereocenters. The van der Waals surface area contributed by atoms with Gasteiger partial charge in [0.2, 0.25) is 0 Å². The third-order valence-corrected chi connectivity index (χ3v) is 6.90. The summed E-state index contributed by atoms with van der Waals surface area (Å²) in [5.74, 6) is 2.87. The Bertz CT molecular complexity index is 791. The second-order valence-electron chi connectivity index (χ2n) is 8.70. The van der Waals surface area contributed by atoms with Crippen molar-refractivity contribution >= 4 is 17.1 Å². The molecule has 0 radical (unpaired) electrons. The zero-order valence-corrected chi connectivity index (χ0v) is 14.9. The molecule has 0 unspecified atom stereocenters. The Balaban J connectivity index is 1.34. The molecule has 4 saturated carbocycles. The van der Waals surface area contributed by atoms with Crippen molar-refractivity contribution in [1.29, 1.82) is 0 Å². The summed E-state index contributed by atoms with van der Waals surface area (Å²) in [7, 11) is 0. The summed E-state index contributed by atoms with van der Waals surface area (Å²) in [6.45, 7) is 0. The van der Waals surface area contributed by atoms with Crippen LogP contribution in [0, 0.1) is 27.9 Å². The Kier molecular flexibility index (Phi) is 3.56. The summed E-state index contributed by atoms with van der Waals surface area (Å²) in [5, 5.41) is 14.1. The van der Waals surface area contributed by atoms with Gasteiger partial charge in [0.05, 0.1) is 4.92 Å². The number of hydrogen-bond acceptors (Lipinski definition) is 3. The molecule has 0 spiro atoms. The molecular weight excluding hydrogens is 324 g/mol. The topological polar surface area (TPSA) is 55.2 Å². The number of nitrogens with zero attached hydrogens (tertiary/aromatic N) is 1. The van der Waals surface area contributed by atoms with Gasteiger partial charge in [-0.2, -0.15) is 0 Å². The Labute approximate surface area is 153 Å². The lowest BCUT2D eigenvalue weighted by atomic mass is 9.48. The molecule has 0 saturated heterocycles. The van der Waals surface area contributed by atoms with E-state index in [2.05, 4.69) is 29.6 Å². The lowest BCUT2D eigenvalue weighted by Gasteiger charge is -2.57. The van der Waals surface area contributed by atoms with E-state index in [1.54, 1.807) is 12.1 Å². The predicted molar refractivity (Wildman–Crippen MR) is 103 cm³/mol. The van der Waals surface area contributed by atoms with E-state index in [0.717, 1.165) is 29.1 Å². The number of rotatable bonds is 4. The van der Waals surface area contributed by atoms with Crippen LogP contribution in [-0.2, 0) is 5.41 Å². The molecule has 4 aliphatic rings. The van der Waals surface area contributed by atoms with E-state index in [9.17, 15) is 10.1 Å². The monoisotopic (exact) mass is 348 g/mol. The summed E-state index contributed by atoms with van der Waals surface area (Å²) >= 11 is 0. The van der Waals surface area contributed by atoms with Crippen LogP contribution in [0.3, 0.4) is 0 Å². The van der Waals surface area contributed by atoms with Crippen LogP contribution in [-0.4, -0.2) is 4.92 Å². The summed E-state index contributed by atoms with van der Waals surface area (Å²) < 4.78 is 0. The Morgan fingerprint density at radius 1 is 0.808 bits per heavy atom. The van der Waals surface area contributed by atoms with Crippen LogP contribution >= 0.6 is 0 Å². The highest BCUT2D eigenvalue weighted by molar-refractivity contribution is 5.61. The van der Waals surface area contributed by atoms with Crippen molar-refractivity contribution in [3.8, 4) is 0 Å². The van der Waals surface area contributed by atoms with Crippen LogP contribution in [0.25, 0.3) is 0 Å². The Morgan fingerprint density at radius 3 is 1.73 bits per heavy atom. The Morgan fingerprint density at radius 2 is 1.27 bits per heavy atom. The summed E-state index contributed by atoms with van der Waals surface area (Å²) in [6.07, 6.45) is 8.56. The van der Waals surface area contributed by atoms with Gasteiger partial charge in [0.15, 0.2) is 0 Å². The highest BCUT2D eigenvalue weighted by Gasteiger charge is 2.51. The standard InChI is InChI=1S/C22H24N2O2/c25-24(26)21-7-5-20(6-8-21)23-19-3-1-18(2-4-19)22-12-15-9-16(13-22)11-17(10-15)14-22/h1-8,15-17,23H,9-14H2. The van der Waals surface area contributed by atoms with Crippen molar-refractivity contribution in [3.63, 3.8) is 0 Å². The molecular formula is C22H24N2O2. The summed E-state index contributed by atoms with van der Waals surface area (Å²) in [6, 6.07) is 15.5. The third kappa shape index (κ3) is 2.68. The number of nitro groups is 1. The van der Waals surface area contributed by atoms with Gasteiger partial charge in [-0.3, -0.25) is 10.1 Å². The van der Waals surface area contributed by atoms with Crippen LogP contribution in [0.4, 0.5) is 17.1 Å². The van der Waals surface area contributed by atoms with Gasteiger partial charge >= 0.3 is 0 Å². The molecule has 2 aromatic carbocycles. The van der Waals surface area contributed by atoms with Crippen molar-refractivity contribution in [2.75, 3.05) is 5.32 Å². The van der Waals surface area contributed by atoms with Crippen LogP contribution < -0.4 is 5.32 Å². The number of anilines is 2. The first-order valence-corrected chi connectivity index (χ1v) is 9.72. The fourth-order valence-corrected chi connectivity index (χ4v) is 6.20. The maximum Gasteiger partial charge on any atom is 0.269 e. The molecule has 0 aliphatic heterocycles. The minimum Gasteiger partial charge on any atom is -0.356 e. The fourth-order valence-electron chi connectivity index (χ4n) is 6.20. The molecule has 4 fully saturated rings. The van der Waals surface area contributed by atoms with E-state index in [4.69, 9.17) is 0 Å². The van der Waals surface area contributed by atoms with E-state index in [0.29, 0.717) is 5.41 Å². The van der Waals surface area contributed by atoms with Crippen molar-refractivity contribution < 1.29 is 4.92 Å². The molecule has 0 aromatic heterocycles. The molecule has 4 heteroatoms. The quantitative estimate of drug-likeness (QED) is 0.560. The Hall–Kier alpha value is -2.36. The van der Waals surface area contributed by atoms with Crippen LogP contribution in [0.5, 0.6) is 0 Å². The molecule has 6 rings (SSSR count). The SMILES string of the molecule is O=[N+]([O-])c1ccc(Nc2ccc(C34CC5CC(CC(C5)C3)C4)cc2)cc1. The number of non-ortho nitro benzene ring substituents is 1.